The largest absolute Gasteiger partial charge is 0.345 e. The Hall–Kier alpha value is -1.29. The van der Waals surface area contributed by atoms with Crippen molar-refractivity contribution in [2.45, 2.75) is 58.2 Å². The van der Waals surface area contributed by atoms with Crippen molar-refractivity contribution in [1.29, 1.82) is 0 Å². The summed E-state index contributed by atoms with van der Waals surface area (Å²) in [4.78, 5) is 14.9. The highest BCUT2D eigenvalue weighted by Gasteiger charge is 2.34. The molecule has 4 nitrogen and oxygen atoms in total. The quantitative estimate of drug-likeness (QED) is 0.854. The lowest BCUT2D eigenvalue weighted by atomic mass is 9.85. The summed E-state index contributed by atoms with van der Waals surface area (Å²) in [5, 5.41) is 0. The van der Waals surface area contributed by atoms with E-state index in [1.165, 1.54) is 11.4 Å². The minimum atomic E-state index is 0.142. The molecule has 2 heterocycles. The van der Waals surface area contributed by atoms with E-state index in [2.05, 4.69) is 35.4 Å². The highest BCUT2D eigenvalue weighted by Crippen LogP contribution is 2.32. The molecule has 3 unspecified atom stereocenters. The Labute approximate surface area is 120 Å². The number of fused-ring (bicyclic) bond motifs is 1. The molecule has 1 aromatic heterocycles. The zero-order chi connectivity index (χ0) is 14.3. The van der Waals surface area contributed by atoms with Crippen LogP contribution >= 0.6 is 0 Å². The van der Waals surface area contributed by atoms with Crippen molar-refractivity contribution in [2.75, 3.05) is 6.54 Å². The Morgan fingerprint density at radius 3 is 2.85 bits per heavy atom. The van der Waals surface area contributed by atoms with Crippen LogP contribution in [0.3, 0.4) is 0 Å². The molecule has 1 aromatic rings. The predicted molar refractivity (Wildman–Crippen MR) is 79.2 cm³/mol. The summed E-state index contributed by atoms with van der Waals surface area (Å²) in [7, 11) is 0. The van der Waals surface area contributed by atoms with Crippen molar-refractivity contribution in [3.05, 3.63) is 23.5 Å². The van der Waals surface area contributed by atoms with Crippen LogP contribution in [0.15, 0.2) is 12.1 Å². The predicted octanol–water partition coefficient (Wildman–Crippen LogP) is 2.22. The van der Waals surface area contributed by atoms with E-state index in [9.17, 15) is 4.79 Å². The van der Waals surface area contributed by atoms with Gasteiger partial charge in [-0.2, -0.15) is 0 Å². The zero-order valence-corrected chi connectivity index (χ0v) is 12.5. The fraction of sp³-hybridized carbons (Fsp3) is 0.688. The van der Waals surface area contributed by atoms with Crippen LogP contribution in [0.25, 0.3) is 0 Å². The second-order valence-corrected chi connectivity index (χ2v) is 6.38. The van der Waals surface area contributed by atoms with Crippen molar-refractivity contribution >= 4 is 5.91 Å². The smallest absolute Gasteiger partial charge is 0.226 e. The molecule has 0 radical (unpaired) electrons. The van der Waals surface area contributed by atoms with Crippen LogP contribution in [0.1, 0.15) is 50.0 Å². The highest BCUT2D eigenvalue weighted by atomic mass is 16.2. The molecule has 0 bridgehead atoms. The maximum atomic E-state index is 12.8. The lowest BCUT2D eigenvalue weighted by Gasteiger charge is -2.39. The van der Waals surface area contributed by atoms with Crippen LogP contribution in [0.2, 0.25) is 0 Å². The number of amides is 1. The van der Waals surface area contributed by atoms with Gasteiger partial charge in [0.2, 0.25) is 5.91 Å². The lowest BCUT2D eigenvalue weighted by Crippen LogP contribution is -2.45. The average molecular weight is 275 g/mol. The first kappa shape index (κ1) is 13.7. The van der Waals surface area contributed by atoms with Gasteiger partial charge in [-0.15, -0.1) is 0 Å². The van der Waals surface area contributed by atoms with E-state index in [0.29, 0.717) is 5.91 Å². The number of nitrogens with zero attached hydrogens (tertiary/aromatic N) is 2. The van der Waals surface area contributed by atoms with Gasteiger partial charge in [-0.05, 0) is 45.2 Å². The molecule has 2 aliphatic rings. The first-order chi connectivity index (χ1) is 9.58. The van der Waals surface area contributed by atoms with Gasteiger partial charge in [0.15, 0.2) is 0 Å². The van der Waals surface area contributed by atoms with Crippen LogP contribution in [0.5, 0.6) is 0 Å². The number of aryl methyl sites for hydroxylation is 1. The van der Waals surface area contributed by atoms with Crippen LogP contribution in [-0.2, 0) is 11.3 Å². The molecule has 0 aromatic carbocycles. The van der Waals surface area contributed by atoms with Crippen LogP contribution in [0.4, 0.5) is 0 Å². The Kier molecular flexibility index (Phi) is 3.59. The molecule has 1 aliphatic carbocycles. The molecule has 2 N–H and O–H groups in total. The van der Waals surface area contributed by atoms with E-state index >= 15 is 0 Å². The Morgan fingerprint density at radius 1 is 1.30 bits per heavy atom. The van der Waals surface area contributed by atoms with Crippen molar-refractivity contribution < 1.29 is 4.79 Å². The molecular formula is C16H25N3O. The molecular weight excluding hydrogens is 250 g/mol. The van der Waals surface area contributed by atoms with E-state index in [-0.39, 0.29) is 18.0 Å². The third-order valence-corrected chi connectivity index (χ3v) is 5.04. The van der Waals surface area contributed by atoms with E-state index in [0.717, 1.165) is 38.8 Å². The molecule has 3 rings (SSSR count). The molecule has 20 heavy (non-hydrogen) atoms. The fourth-order valence-corrected chi connectivity index (χ4v) is 3.81. The van der Waals surface area contributed by atoms with Crippen molar-refractivity contribution in [1.82, 2.24) is 9.47 Å². The fourth-order valence-electron chi connectivity index (χ4n) is 3.81. The molecule has 4 heteroatoms. The van der Waals surface area contributed by atoms with Gasteiger partial charge in [0, 0.05) is 36.4 Å². The molecule has 1 amide bonds. The first-order valence-electron chi connectivity index (χ1n) is 7.80. The monoisotopic (exact) mass is 275 g/mol. The summed E-state index contributed by atoms with van der Waals surface area (Å²) in [5.41, 5.74) is 8.59. The maximum absolute atomic E-state index is 12.8. The SMILES string of the molecule is Cc1ccc2n1CCN(C(=O)C1CCCC(N)C1)C2C. The summed E-state index contributed by atoms with van der Waals surface area (Å²) >= 11 is 0. The topological polar surface area (TPSA) is 51.3 Å². The summed E-state index contributed by atoms with van der Waals surface area (Å²) in [5.74, 6) is 0.460. The standard InChI is InChI=1S/C16H25N3O/c1-11-6-7-15-12(2)19(9-8-18(11)15)16(20)13-4-3-5-14(17)10-13/h6-7,12-14H,3-5,8-10,17H2,1-2H3. The van der Waals surface area contributed by atoms with Crippen molar-refractivity contribution in [2.24, 2.45) is 11.7 Å². The Morgan fingerprint density at radius 2 is 2.10 bits per heavy atom. The molecule has 0 saturated heterocycles. The van der Waals surface area contributed by atoms with Gasteiger partial charge in [-0.1, -0.05) is 6.42 Å². The van der Waals surface area contributed by atoms with Gasteiger partial charge in [-0.3, -0.25) is 4.79 Å². The number of hydrogen-bond donors (Lipinski definition) is 1. The van der Waals surface area contributed by atoms with Gasteiger partial charge < -0.3 is 15.2 Å². The number of rotatable bonds is 1. The van der Waals surface area contributed by atoms with Crippen molar-refractivity contribution in [3.63, 3.8) is 0 Å². The van der Waals surface area contributed by atoms with Gasteiger partial charge >= 0.3 is 0 Å². The van der Waals surface area contributed by atoms with Crippen LogP contribution < -0.4 is 5.73 Å². The van der Waals surface area contributed by atoms with Gasteiger partial charge in [-0.25, -0.2) is 0 Å². The second-order valence-electron chi connectivity index (χ2n) is 6.38. The lowest BCUT2D eigenvalue weighted by molar-refractivity contribution is -0.140. The molecule has 1 saturated carbocycles. The third kappa shape index (κ3) is 2.26. The van der Waals surface area contributed by atoms with Gasteiger partial charge in [0.25, 0.3) is 0 Å². The Balaban J connectivity index is 1.76. The molecule has 1 fully saturated rings. The van der Waals surface area contributed by atoms with Gasteiger partial charge in [0.05, 0.1) is 6.04 Å². The molecule has 1 aliphatic heterocycles. The molecule has 110 valence electrons. The first-order valence-corrected chi connectivity index (χ1v) is 7.80. The molecule has 3 atom stereocenters. The number of hydrogen-bond acceptors (Lipinski definition) is 2. The van der Waals surface area contributed by atoms with Crippen molar-refractivity contribution in [3.8, 4) is 0 Å². The normalized spacial score (nSPS) is 30.1. The highest BCUT2D eigenvalue weighted by molar-refractivity contribution is 5.79. The van der Waals surface area contributed by atoms with Gasteiger partial charge in [0.1, 0.15) is 0 Å². The third-order valence-electron chi connectivity index (χ3n) is 5.04. The maximum Gasteiger partial charge on any atom is 0.226 e. The minimum absolute atomic E-state index is 0.142. The number of carbonyl (C=O) groups is 1. The van der Waals surface area contributed by atoms with Crippen LogP contribution in [-0.4, -0.2) is 28.0 Å². The van der Waals surface area contributed by atoms with E-state index in [4.69, 9.17) is 5.73 Å². The summed E-state index contributed by atoms with van der Waals surface area (Å²) in [6.45, 7) is 6.02. The number of nitrogens with two attached hydrogens (primary N) is 1. The minimum Gasteiger partial charge on any atom is -0.345 e. The summed E-state index contributed by atoms with van der Waals surface area (Å²) in [6, 6.07) is 4.70. The number of carbonyl (C=O) groups excluding carboxylic acids is 1. The van der Waals surface area contributed by atoms with E-state index < -0.39 is 0 Å². The summed E-state index contributed by atoms with van der Waals surface area (Å²) < 4.78 is 2.33. The second kappa shape index (κ2) is 5.24. The zero-order valence-electron chi connectivity index (χ0n) is 12.5. The van der Waals surface area contributed by atoms with E-state index in [1.54, 1.807) is 0 Å². The van der Waals surface area contributed by atoms with Crippen LogP contribution in [0, 0.1) is 12.8 Å². The summed E-state index contributed by atoms with van der Waals surface area (Å²) in [6.07, 6.45) is 4.04. The van der Waals surface area contributed by atoms with E-state index in [1.807, 2.05) is 0 Å². The Bertz CT molecular complexity index is 508. The number of aromatic nitrogens is 1. The average Bonchev–Trinajstić information content (AvgIpc) is 2.81. The molecule has 0 spiro atoms.